The maximum absolute atomic E-state index is 12.4. The number of methoxy groups -OCH3 is 1. The number of aromatic nitrogens is 1. The van der Waals surface area contributed by atoms with E-state index in [1.165, 1.54) is 0 Å². The average molecular weight is 255 g/mol. The number of rotatable bonds is 2. The average Bonchev–Trinajstić information content (AvgIpc) is 2.25. The van der Waals surface area contributed by atoms with Gasteiger partial charge in [0.2, 0.25) is 0 Å². The van der Waals surface area contributed by atoms with Gasteiger partial charge in [-0.1, -0.05) is 0 Å². The van der Waals surface area contributed by atoms with Gasteiger partial charge in [0, 0.05) is 6.20 Å². The summed E-state index contributed by atoms with van der Waals surface area (Å²) in [5.74, 6) is -1.35. The minimum atomic E-state index is -4.86. The Bertz CT molecular complexity index is 430. The Balaban J connectivity index is 3.37. The number of alkyl halides is 5. The first-order chi connectivity index (χ1) is 7.77. The molecule has 0 radical (unpaired) electrons. The van der Waals surface area contributed by atoms with Crippen molar-refractivity contribution in [2.24, 2.45) is 0 Å². The molecule has 1 rings (SSSR count). The molecule has 0 atom stereocenters. The zero-order chi connectivity index (χ0) is 13.2. The molecule has 1 heterocycles. The standard InChI is InChI=1S/C9H6F5NO2/c1-17-8(16)4-2-6(7(10)11)15-3-5(4)9(12,13)14/h2-3,7H,1H3. The van der Waals surface area contributed by atoms with Gasteiger partial charge >= 0.3 is 12.1 Å². The second kappa shape index (κ2) is 4.64. The van der Waals surface area contributed by atoms with Crippen LogP contribution in [0.1, 0.15) is 28.0 Å². The molecule has 0 fully saturated rings. The third-order valence-electron chi connectivity index (χ3n) is 1.86. The Morgan fingerprint density at radius 3 is 2.41 bits per heavy atom. The molecule has 0 aliphatic carbocycles. The molecule has 0 aliphatic rings. The summed E-state index contributed by atoms with van der Waals surface area (Å²) >= 11 is 0. The predicted octanol–water partition coefficient (Wildman–Crippen LogP) is 2.82. The van der Waals surface area contributed by atoms with E-state index in [0.29, 0.717) is 6.07 Å². The maximum Gasteiger partial charge on any atom is 0.418 e. The summed E-state index contributed by atoms with van der Waals surface area (Å²) < 4.78 is 65.9. The molecule has 8 heteroatoms. The highest BCUT2D eigenvalue weighted by atomic mass is 19.4. The smallest absolute Gasteiger partial charge is 0.418 e. The van der Waals surface area contributed by atoms with Gasteiger partial charge in [-0.05, 0) is 6.07 Å². The van der Waals surface area contributed by atoms with E-state index in [2.05, 4.69) is 9.72 Å². The molecular formula is C9H6F5NO2. The van der Waals surface area contributed by atoms with Gasteiger partial charge in [-0.25, -0.2) is 13.6 Å². The maximum atomic E-state index is 12.4. The number of carbonyl (C=O) groups is 1. The van der Waals surface area contributed by atoms with Crippen molar-refractivity contribution in [3.63, 3.8) is 0 Å². The molecule has 94 valence electrons. The minimum absolute atomic E-state index is 0.188. The number of hydrogen-bond donors (Lipinski definition) is 0. The van der Waals surface area contributed by atoms with Gasteiger partial charge in [0.15, 0.2) is 0 Å². The summed E-state index contributed by atoms with van der Waals surface area (Å²) in [6.07, 6.45) is -7.74. The molecular weight excluding hydrogens is 249 g/mol. The molecule has 1 aromatic rings. The minimum Gasteiger partial charge on any atom is -0.465 e. The molecule has 0 spiro atoms. The highest BCUT2D eigenvalue weighted by Gasteiger charge is 2.36. The van der Waals surface area contributed by atoms with Crippen LogP contribution in [-0.4, -0.2) is 18.1 Å². The Morgan fingerprint density at radius 1 is 1.41 bits per heavy atom. The monoisotopic (exact) mass is 255 g/mol. The Hall–Kier alpha value is -1.73. The zero-order valence-electron chi connectivity index (χ0n) is 8.39. The van der Waals surface area contributed by atoms with Gasteiger partial charge in [-0.3, -0.25) is 4.98 Å². The van der Waals surface area contributed by atoms with Crippen LogP contribution < -0.4 is 0 Å². The molecule has 0 aliphatic heterocycles. The summed E-state index contributed by atoms with van der Waals surface area (Å²) in [4.78, 5) is 14.0. The van der Waals surface area contributed by atoms with E-state index >= 15 is 0 Å². The van der Waals surface area contributed by atoms with Crippen LogP contribution in [0.2, 0.25) is 0 Å². The van der Waals surface area contributed by atoms with E-state index in [4.69, 9.17) is 0 Å². The Labute approximate surface area is 92.2 Å². The third-order valence-corrected chi connectivity index (χ3v) is 1.86. The highest BCUT2D eigenvalue weighted by molar-refractivity contribution is 5.91. The summed E-state index contributed by atoms with van der Waals surface area (Å²) in [6.45, 7) is 0. The number of esters is 1. The molecule has 0 unspecified atom stereocenters. The number of pyridine rings is 1. The van der Waals surface area contributed by atoms with E-state index in [-0.39, 0.29) is 6.20 Å². The second-order valence-corrected chi connectivity index (χ2v) is 2.94. The Morgan fingerprint density at radius 2 is 2.00 bits per heavy atom. The van der Waals surface area contributed by atoms with E-state index in [1.807, 2.05) is 0 Å². The van der Waals surface area contributed by atoms with Crippen LogP contribution in [0.4, 0.5) is 22.0 Å². The first-order valence-electron chi connectivity index (χ1n) is 4.21. The molecule has 0 N–H and O–H groups in total. The lowest BCUT2D eigenvalue weighted by Gasteiger charge is -2.11. The van der Waals surface area contributed by atoms with Crippen molar-refractivity contribution in [3.8, 4) is 0 Å². The first-order valence-corrected chi connectivity index (χ1v) is 4.21. The van der Waals surface area contributed by atoms with Crippen LogP contribution >= 0.6 is 0 Å². The van der Waals surface area contributed by atoms with Gasteiger partial charge in [0.1, 0.15) is 5.69 Å². The summed E-state index contributed by atoms with van der Waals surface area (Å²) in [5.41, 5.74) is -3.31. The molecule has 0 saturated heterocycles. The van der Waals surface area contributed by atoms with Crippen LogP contribution in [-0.2, 0) is 10.9 Å². The Kier molecular flexibility index (Phi) is 3.64. The summed E-state index contributed by atoms with van der Waals surface area (Å²) in [5, 5.41) is 0. The normalized spacial score (nSPS) is 11.7. The van der Waals surface area contributed by atoms with Crippen molar-refractivity contribution in [1.29, 1.82) is 0 Å². The van der Waals surface area contributed by atoms with Crippen LogP contribution in [0.15, 0.2) is 12.3 Å². The SMILES string of the molecule is COC(=O)c1cc(C(F)F)ncc1C(F)(F)F. The van der Waals surface area contributed by atoms with Crippen molar-refractivity contribution in [2.75, 3.05) is 7.11 Å². The third kappa shape index (κ3) is 2.89. The summed E-state index contributed by atoms with van der Waals surface area (Å²) in [7, 11) is 0.852. The predicted molar refractivity (Wildman–Crippen MR) is 45.5 cm³/mol. The van der Waals surface area contributed by atoms with Crippen molar-refractivity contribution in [2.45, 2.75) is 12.6 Å². The summed E-state index contributed by atoms with van der Waals surface area (Å²) in [6, 6.07) is 0.374. The van der Waals surface area contributed by atoms with Crippen molar-refractivity contribution >= 4 is 5.97 Å². The van der Waals surface area contributed by atoms with Gasteiger partial charge in [-0.2, -0.15) is 13.2 Å². The van der Waals surface area contributed by atoms with E-state index in [9.17, 15) is 26.7 Å². The number of hydrogen-bond acceptors (Lipinski definition) is 3. The highest BCUT2D eigenvalue weighted by Crippen LogP contribution is 2.33. The molecule has 1 aromatic heterocycles. The van der Waals surface area contributed by atoms with E-state index < -0.39 is 35.4 Å². The molecule has 0 saturated carbocycles. The first kappa shape index (κ1) is 13.3. The number of ether oxygens (including phenoxy) is 1. The molecule has 0 aromatic carbocycles. The quantitative estimate of drug-likeness (QED) is 0.602. The number of halogens is 5. The number of nitrogens with zero attached hydrogens (tertiary/aromatic N) is 1. The lowest BCUT2D eigenvalue weighted by Crippen LogP contribution is -2.15. The fraction of sp³-hybridized carbons (Fsp3) is 0.333. The lowest BCUT2D eigenvalue weighted by atomic mass is 10.1. The molecule has 3 nitrogen and oxygen atoms in total. The fourth-order valence-corrected chi connectivity index (χ4v) is 1.10. The fourth-order valence-electron chi connectivity index (χ4n) is 1.10. The number of carbonyl (C=O) groups excluding carboxylic acids is 1. The van der Waals surface area contributed by atoms with Gasteiger partial charge in [-0.15, -0.1) is 0 Å². The topological polar surface area (TPSA) is 39.2 Å². The molecule has 0 bridgehead atoms. The van der Waals surface area contributed by atoms with Gasteiger partial charge in [0.05, 0.1) is 18.2 Å². The van der Waals surface area contributed by atoms with Crippen LogP contribution in [0.3, 0.4) is 0 Å². The van der Waals surface area contributed by atoms with Gasteiger partial charge in [0.25, 0.3) is 6.43 Å². The molecule has 0 amide bonds. The second-order valence-electron chi connectivity index (χ2n) is 2.94. The zero-order valence-corrected chi connectivity index (χ0v) is 8.39. The lowest BCUT2D eigenvalue weighted by molar-refractivity contribution is -0.138. The van der Waals surface area contributed by atoms with Crippen LogP contribution in [0, 0.1) is 0 Å². The van der Waals surface area contributed by atoms with Gasteiger partial charge < -0.3 is 4.74 Å². The van der Waals surface area contributed by atoms with Crippen LogP contribution in [0.5, 0.6) is 0 Å². The van der Waals surface area contributed by atoms with E-state index in [1.54, 1.807) is 0 Å². The van der Waals surface area contributed by atoms with E-state index in [0.717, 1.165) is 7.11 Å². The van der Waals surface area contributed by atoms with Crippen molar-refractivity contribution in [1.82, 2.24) is 4.98 Å². The van der Waals surface area contributed by atoms with Crippen molar-refractivity contribution in [3.05, 3.63) is 29.1 Å². The van der Waals surface area contributed by atoms with Crippen molar-refractivity contribution < 1.29 is 31.5 Å². The molecule has 17 heavy (non-hydrogen) atoms. The largest absolute Gasteiger partial charge is 0.465 e. The van der Waals surface area contributed by atoms with Crippen LogP contribution in [0.25, 0.3) is 0 Å².